The molecule has 0 aliphatic carbocycles. The molecule has 172 valence electrons. The van der Waals surface area contributed by atoms with Gasteiger partial charge in [-0.3, -0.25) is 4.79 Å². The van der Waals surface area contributed by atoms with E-state index in [0.29, 0.717) is 18.2 Å². The van der Waals surface area contributed by atoms with Gasteiger partial charge in [-0.2, -0.15) is 0 Å². The van der Waals surface area contributed by atoms with Crippen LogP contribution in [0.2, 0.25) is 0 Å². The van der Waals surface area contributed by atoms with Gasteiger partial charge in [0.1, 0.15) is 6.61 Å². The zero-order valence-corrected chi connectivity index (χ0v) is 20.0. The minimum atomic E-state index is -0.423. The number of carbonyl (C=O) groups is 2. The molecule has 0 bridgehead atoms. The van der Waals surface area contributed by atoms with Gasteiger partial charge in [0.05, 0.1) is 6.54 Å². The molecule has 0 fully saturated rings. The third-order valence-electron chi connectivity index (χ3n) is 5.69. The molecule has 32 heavy (non-hydrogen) atoms. The SMILES string of the molecule is C=C(C)C(=O)OCCNC(=O)C(C)CC.CCC(C)n1c2ccccc2c2ccccc21. The van der Waals surface area contributed by atoms with Crippen molar-refractivity contribution in [1.29, 1.82) is 0 Å². The molecule has 0 spiro atoms. The first-order valence-corrected chi connectivity index (χ1v) is 11.4. The number of para-hydroxylation sites is 2. The van der Waals surface area contributed by atoms with Gasteiger partial charge in [-0.25, -0.2) is 4.79 Å². The second-order valence-electron chi connectivity index (χ2n) is 8.18. The molecule has 3 aromatic rings. The van der Waals surface area contributed by atoms with E-state index in [1.165, 1.54) is 21.8 Å². The Morgan fingerprint density at radius 1 is 0.969 bits per heavy atom. The van der Waals surface area contributed by atoms with Crippen molar-refractivity contribution in [2.45, 2.75) is 53.5 Å². The van der Waals surface area contributed by atoms with Crippen LogP contribution in [0.25, 0.3) is 21.8 Å². The van der Waals surface area contributed by atoms with Crippen LogP contribution in [-0.4, -0.2) is 29.6 Å². The fourth-order valence-electron chi connectivity index (χ4n) is 3.41. The first kappa shape index (κ1) is 25.2. The van der Waals surface area contributed by atoms with Crippen molar-refractivity contribution in [3.63, 3.8) is 0 Å². The lowest BCUT2D eigenvalue weighted by molar-refractivity contribution is -0.139. The Kier molecular flexibility index (Phi) is 9.51. The average molecular weight is 437 g/mol. The summed E-state index contributed by atoms with van der Waals surface area (Å²) in [6, 6.07) is 17.9. The summed E-state index contributed by atoms with van der Waals surface area (Å²) in [5.41, 5.74) is 3.06. The molecule has 3 rings (SSSR count). The monoisotopic (exact) mass is 436 g/mol. The molecule has 2 unspecified atom stereocenters. The van der Waals surface area contributed by atoms with Gasteiger partial charge in [0.15, 0.2) is 0 Å². The van der Waals surface area contributed by atoms with Crippen LogP contribution in [0.5, 0.6) is 0 Å². The normalized spacial score (nSPS) is 12.5. The highest BCUT2D eigenvalue weighted by Crippen LogP contribution is 2.32. The van der Waals surface area contributed by atoms with Crippen molar-refractivity contribution < 1.29 is 14.3 Å². The van der Waals surface area contributed by atoms with Crippen LogP contribution < -0.4 is 5.32 Å². The molecule has 0 aliphatic rings. The molecule has 0 saturated carbocycles. The maximum Gasteiger partial charge on any atom is 0.333 e. The molecule has 5 heteroatoms. The van der Waals surface area contributed by atoms with Gasteiger partial charge in [-0.05, 0) is 38.8 Å². The predicted octanol–water partition coefficient (Wildman–Crippen LogP) is 6.03. The van der Waals surface area contributed by atoms with Gasteiger partial charge in [0, 0.05) is 39.3 Å². The van der Waals surface area contributed by atoms with Gasteiger partial charge in [-0.1, -0.05) is 63.7 Å². The lowest BCUT2D eigenvalue weighted by Crippen LogP contribution is -2.32. The molecule has 0 radical (unpaired) electrons. The average Bonchev–Trinajstić information content (AvgIpc) is 3.15. The van der Waals surface area contributed by atoms with E-state index in [2.05, 4.69) is 78.8 Å². The Hall–Kier alpha value is -3.08. The van der Waals surface area contributed by atoms with Crippen LogP contribution in [0.15, 0.2) is 60.7 Å². The van der Waals surface area contributed by atoms with Gasteiger partial charge in [-0.15, -0.1) is 0 Å². The van der Waals surface area contributed by atoms with Crippen LogP contribution in [0.4, 0.5) is 0 Å². The number of nitrogens with one attached hydrogen (secondary N) is 1. The fourth-order valence-corrected chi connectivity index (χ4v) is 3.41. The third-order valence-corrected chi connectivity index (χ3v) is 5.69. The summed E-state index contributed by atoms with van der Waals surface area (Å²) in [7, 11) is 0. The fraction of sp³-hybridized carbons (Fsp3) is 0.407. The van der Waals surface area contributed by atoms with Crippen LogP contribution in [0.1, 0.15) is 53.5 Å². The first-order chi connectivity index (χ1) is 15.3. The number of nitrogens with zero attached hydrogens (tertiary/aromatic N) is 1. The van der Waals surface area contributed by atoms with Crippen molar-refractivity contribution >= 4 is 33.7 Å². The minimum absolute atomic E-state index is 0.00171. The number of rotatable bonds is 8. The number of amides is 1. The number of esters is 1. The van der Waals surface area contributed by atoms with E-state index in [1.807, 2.05) is 13.8 Å². The topological polar surface area (TPSA) is 60.3 Å². The molecule has 1 heterocycles. The van der Waals surface area contributed by atoms with E-state index >= 15 is 0 Å². The highest BCUT2D eigenvalue weighted by molar-refractivity contribution is 6.08. The first-order valence-electron chi connectivity index (χ1n) is 11.4. The molecule has 1 amide bonds. The number of hydrogen-bond donors (Lipinski definition) is 1. The summed E-state index contributed by atoms with van der Waals surface area (Å²) in [5.74, 6) is -0.432. The minimum Gasteiger partial charge on any atom is -0.460 e. The second kappa shape index (κ2) is 12.1. The van der Waals surface area contributed by atoms with Crippen molar-refractivity contribution in [2.75, 3.05) is 13.2 Å². The summed E-state index contributed by atoms with van der Waals surface area (Å²) < 4.78 is 7.28. The van der Waals surface area contributed by atoms with E-state index in [9.17, 15) is 9.59 Å². The van der Waals surface area contributed by atoms with Gasteiger partial charge in [0.2, 0.25) is 5.91 Å². The van der Waals surface area contributed by atoms with E-state index in [0.717, 1.165) is 12.8 Å². The molecule has 5 nitrogen and oxygen atoms in total. The largest absolute Gasteiger partial charge is 0.460 e. The summed E-state index contributed by atoms with van der Waals surface area (Å²) in [6.07, 6.45) is 1.96. The van der Waals surface area contributed by atoms with Crippen molar-refractivity contribution in [3.05, 3.63) is 60.7 Å². The van der Waals surface area contributed by atoms with Crippen molar-refractivity contribution in [2.24, 2.45) is 5.92 Å². The predicted molar refractivity (Wildman–Crippen MR) is 133 cm³/mol. The zero-order valence-electron chi connectivity index (χ0n) is 20.0. The van der Waals surface area contributed by atoms with Crippen molar-refractivity contribution in [1.82, 2.24) is 9.88 Å². The quantitative estimate of drug-likeness (QED) is 0.266. The number of ether oxygens (including phenoxy) is 1. The Balaban J connectivity index is 0.000000230. The lowest BCUT2D eigenvalue weighted by atomic mass is 10.1. The van der Waals surface area contributed by atoms with Crippen molar-refractivity contribution in [3.8, 4) is 0 Å². The van der Waals surface area contributed by atoms with E-state index in [1.54, 1.807) is 6.92 Å². The Morgan fingerprint density at radius 2 is 1.50 bits per heavy atom. The summed E-state index contributed by atoms with van der Waals surface area (Å²) in [5, 5.41) is 5.41. The molecule has 2 atom stereocenters. The van der Waals surface area contributed by atoms with Gasteiger partial charge in [0.25, 0.3) is 0 Å². The Morgan fingerprint density at radius 3 is 1.97 bits per heavy atom. The maximum atomic E-state index is 11.3. The molecular weight excluding hydrogens is 400 g/mol. The van der Waals surface area contributed by atoms with E-state index < -0.39 is 5.97 Å². The van der Waals surface area contributed by atoms with E-state index in [-0.39, 0.29) is 18.4 Å². The molecule has 0 saturated heterocycles. The van der Waals surface area contributed by atoms with E-state index in [4.69, 9.17) is 4.74 Å². The van der Waals surface area contributed by atoms with Crippen LogP contribution >= 0.6 is 0 Å². The summed E-state index contributed by atoms with van der Waals surface area (Å²) in [6.45, 7) is 13.9. The van der Waals surface area contributed by atoms with Crippen LogP contribution in [0.3, 0.4) is 0 Å². The second-order valence-corrected chi connectivity index (χ2v) is 8.18. The molecular formula is C27H36N2O3. The Bertz CT molecular complexity index is 1010. The number of benzene rings is 2. The maximum absolute atomic E-state index is 11.3. The highest BCUT2D eigenvalue weighted by atomic mass is 16.5. The van der Waals surface area contributed by atoms with Crippen LogP contribution in [-0.2, 0) is 14.3 Å². The molecule has 1 aromatic heterocycles. The number of fused-ring (bicyclic) bond motifs is 3. The highest BCUT2D eigenvalue weighted by Gasteiger charge is 2.13. The number of aromatic nitrogens is 1. The molecule has 2 aromatic carbocycles. The van der Waals surface area contributed by atoms with Gasteiger partial charge >= 0.3 is 5.97 Å². The van der Waals surface area contributed by atoms with Gasteiger partial charge < -0.3 is 14.6 Å². The molecule has 0 aliphatic heterocycles. The number of carbonyl (C=O) groups excluding carboxylic acids is 2. The summed E-state index contributed by atoms with van der Waals surface area (Å²) >= 11 is 0. The summed E-state index contributed by atoms with van der Waals surface area (Å²) in [4.78, 5) is 22.2. The Labute approximate surface area is 191 Å². The lowest BCUT2D eigenvalue weighted by Gasteiger charge is -2.14. The number of hydrogen-bond acceptors (Lipinski definition) is 3. The smallest absolute Gasteiger partial charge is 0.333 e. The van der Waals surface area contributed by atoms with Crippen LogP contribution in [0, 0.1) is 5.92 Å². The standard InChI is InChI=1S/C16H17N.C11H19NO3/c1-3-12(2)17-15-10-6-4-8-13(15)14-9-5-7-11-16(14)17;1-5-9(4)10(13)12-6-7-15-11(14)8(2)3/h4-12H,3H2,1-2H3;9H,2,5-7H2,1,3-4H3,(H,12,13). The third kappa shape index (κ3) is 6.22. The molecule has 1 N–H and O–H groups in total. The zero-order chi connectivity index (χ0) is 23.7.